The zero-order valence-corrected chi connectivity index (χ0v) is 22.1. The van der Waals surface area contributed by atoms with E-state index in [2.05, 4.69) is 73.9 Å². The Bertz CT molecular complexity index is 1590. The molecule has 9 heteroatoms. The van der Waals surface area contributed by atoms with Crippen LogP contribution in [0.1, 0.15) is 23.2 Å². The van der Waals surface area contributed by atoms with Crippen molar-refractivity contribution in [1.29, 1.82) is 0 Å². The molecule has 2 aliphatic rings. The third-order valence-electron chi connectivity index (χ3n) is 7.47. The van der Waals surface area contributed by atoms with E-state index in [1.54, 1.807) is 4.68 Å². The van der Waals surface area contributed by atoms with Gasteiger partial charge >= 0.3 is 0 Å². The van der Waals surface area contributed by atoms with E-state index in [1.807, 2.05) is 42.5 Å². The van der Waals surface area contributed by atoms with Gasteiger partial charge in [0.15, 0.2) is 17.3 Å². The van der Waals surface area contributed by atoms with Gasteiger partial charge in [0.1, 0.15) is 30.6 Å². The third-order valence-corrected chi connectivity index (χ3v) is 7.47. The molecule has 202 valence electrons. The van der Waals surface area contributed by atoms with Crippen LogP contribution in [0.15, 0.2) is 89.4 Å². The molecule has 3 aromatic carbocycles. The Morgan fingerprint density at radius 1 is 0.825 bits per heavy atom. The quantitative estimate of drug-likeness (QED) is 0.300. The summed E-state index contributed by atoms with van der Waals surface area (Å²) in [4.78, 5) is 4.88. The van der Waals surface area contributed by atoms with Gasteiger partial charge in [-0.2, -0.15) is 4.68 Å². The predicted octanol–water partition coefficient (Wildman–Crippen LogP) is 4.60. The Hall–Kier alpha value is -4.47. The molecule has 0 aliphatic carbocycles. The molecular weight excluding hydrogens is 504 g/mol. The van der Waals surface area contributed by atoms with Crippen LogP contribution in [-0.4, -0.2) is 75.9 Å². The third kappa shape index (κ3) is 4.97. The van der Waals surface area contributed by atoms with Gasteiger partial charge in [-0.05, 0) is 40.3 Å². The van der Waals surface area contributed by atoms with E-state index in [9.17, 15) is 0 Å². The number of tetrazole rings is 1. The first-order valence-corrected chi connectivity index (χ1v) is 13.7. The van der Waals surface area contributed by atoms with Crippen LogP contribution in [-0.2, 0) is 0 Å². The summed E-state index contributed by atoms with van der Waals surface area (Å²) in [5, 5.41) is 14.1. The van der Waals surface area contributed by atoms with Crippen LogP contribution in [0.3, 0.4) is 0 Å². The minimum atomic E-state index is -0.252. The fourth-order valence-electron chi connectivity index (χ4n) is 5.43. The highest BCUT2D eigenvalue weighted by molar-refractivity contribution is 5.78. The molecule has 0 spiro atoms. The van der Waals surface area contributed by atoms with Gasteiger partial charge in [0.25, 0.3) is 0 Å². The number of furan rings is 1. The average molecular weight is 535 g/mol. The minimum Gasteiger partial charge on any atom is -0.486 e. The maximum atomic E-state index is 6.41. The molecule has 0 amide bonds. The number of hydrogen-bond acceptors (Lipinski definition) is 8. The maximum absolute atomic E-state index is 6.41. The molecule has 1 unspecified atom stereocenters. The summed E-state index contributed by atoms with van der Waals surface area (Å²) in [6.07, 6.45) is 4.43. The molecule has 9 nitrogen and oxygen atoms in total. The first kappa shape index (κ1) is 24.6. The summed E-state index contributed by atoms with van der Waals surface area (Å²) >= 11 is 0. The van der Waals surface area contributed by atoms with Crippen molar-refractivity contribution in [2.24, 2.45) is 0 Å². The van der Waals surface area contributed by atoms with Crippen molar-refractivity contribution in [3.8, 4) is 17.2 Å². The molecule has 2 aliphatic heterocycles. The predicted molar refractivity (Wildman–Crippen MR) is 152 cm³/mol. The Morgan fingerprint density at radius 3 is 2.48 bits per heavy atom. The molecule has 0 N–H and O–H groups in total. The molecule has 0 saturated carbocycles. The molecule has 1 atom stereocenters. The Kier molecular flexibility index (Phi) is 6.73. The molecule has 5 aromatic rings. The van der Waals surface area contributed by atoms with E-state index in [0.29, 0.717) is 24.8 Å². The van der Waals surface area contributed by atoms with Gasteiger partial charge in [-0.15, -0.1) is 5.10 Å². The van der Waals surface area contributed by atoms with E-state index in [-0.39, 0.29) is 6.04 Å². The molecule has 0 bridgehead atoms. The summed E-state index contributed by atoms with van der Waals surface area (Å²) in [5.41, 5.74) is 2.89. The molecule has 1 fully saturated rings. The number of ether oxygens (including phenoxy) is 2. The van der Waals surface area contributed by atoms with Gasteiger partial charge in [-0.3, -0.25) is 9.80 Å². The largest absolute Gasteiger partial charge is 0.486 e. The summed E-state index contributed by atoms with van der Waals surface area (Å²) in [6.45, 7) is 5.55. The van der Waals surface area contributed by atoms with Gasteiger partial charge in [0, 0.05) is 44.2 Å². The number of benzene rings is 3. The number of aromatic nitrogens is 4. The molecule has 1 saturated heterocycles. The first-order chi connectivity index (χ1) is 19.8. The Labute approximate surface area is 232 Å². The highest BCUT2D eigenvalue weighted by Crippen LogP contribution is 2.36. The number of piperazine rings is 1. The number of para-hydroxylation sites is 1. The van der Waals surface area contributed by atoms with Crippen molar-refractivity contribution in [3.63, 3.8) is 0 Å². The van der Waals surface area contributed by atoms with Gasteiger partial charge < -0.3 is 13.9 Å². The van der Waals surface area contributed by atoms with Crippen molar-refractivity contribution in [3.05, 3.63) is 102 Å². The molecule has 4 heterocycles. The van der Waals surface area contributed by atoms with Crippen molar-refractivity contribution in [1.82, 2.24) is 30.0 Å². The van der Waals surface area contributed by atoms with Crippen LogP contribution >= 0.6 is 0 Å². The minimum absolute atomic E-state index is 0.252. The Morgan fingerprint density at radius 2 is 1.62 bits per heavy atom. The van der Waals surface area contributed by atoms with Crippen LogP contribution in [0.4, 0.5) is 0 Å². The van der Waals surface area contributed by atoms with Crippen LogP contribution in [0.2, 0.25) is 0 Å². The summed E-state index contributed by atoms with van der Waals surface area (Å²) in [5.74, 6) is 2.96. The van der Waals surface area contributed by atoms with Gasteiger partial charge in [0.2, 0.25) is 0 Å². The van der Waals surface area contributed by atoms with Crippen molar-refractivity contribution < 1.29 is 13.9 Å². The number of hydrogen-bond donors (Lipinski definition) is 0. The fourth-order valence-corrected chi connectivity index (χ4v) is 5.43. The molecule has 40 heavy (non-hydrogen) atoms. The van der Waals surface area contributed by atoms with Crippen LogP contribution in [0.5, 0.6) is 11.5 Å². The van der Waals surface area contributed by atoms with Crippen molar-refractivity contribution in [2.45, 2.75) is 6.04 Å². The van der Waals surface area contributed by atoms with Crippen LogP contribution in [0, 0.1) is 0 Å². The molecular formula is C31H30N6O3. The second-order valence-electron chi connectivity index (χ2n) is 10.0. The monoisotopic (exact) mass is 534 g/mol. The second-order valence-corrected chi connectivity index (χ2v) is 10.0. The number of nitrogens with zero attached hydrogens (tertiary/aromatic N) is 6. The maximum Gasteiger partial charge on any atom is 0.181 e. The first-order valence-electron chi connectivity index (χ1n) is 13.7. The van der Waals surface area contributed by atoms with E-state index in [1.165, 1.54) is 5.56 Å². The van der Waals surface area contributed by atoms with Gasteiger partial charge in [-0.25, -0.2) is 0 Å². The Balaban J connectivity index is 1.17. The summed E-state index contributed by atoms with van der Waals surface area (Å²) in [6, 6.07) is 26.2. The summed E-state index contributed by atoms with van der Waals surface area (Å²) < 4.78 is 19.7. The van der Waals surface area contributed by atoms with Crippen LogP contribution < -0.4 is 9.47 Å². The topological polar surface area (TPSA) is 81.7 Å². The normalized spacial score (nSPS) is 17.0. The van der Waals surface area contributed by atoms with E-state index in [4.69, 9.17) is 13.9 Å². The SMILES string of the molecule is C(=C\c1ccccc1)/CN1CCN(C(c2cc3ccccc3o2)c2nnnn2-c2ccc3c(c2)OCCO3)CC1. The number of rotatable bonds is 7. The standard InChI is InChI=1S/C31H30N6O3/c1-2-7-23(8-3-1)9-6-14-35-15-17-36(18-16-35)30(29-21-24-10-4-5-11-26(24)40-29)31-32-33-34-37(31)25-12-13-27-28(22-25)39-20-19-38-27/h1-13,21-22,30H,14-20H2/b9-6+. The fraction of sp³-hybridized carbons (Fsp3) is 0.258. The average Bonchev–Trinajstić information content (AvgIpc) is 3.66. The van der Waals surface area contributed by atoms with E-state index < -0.39 is 0 Å². The van der Waals surface area contributed by atoms with Crippen molar-refractivity contribution >= 4 is 17.0 Å². The zero-order chi connectivity index (χ0) is 26.7. The lowest BCUT2D eigenvalue weighted by molar-refractivity contribution is 0.105. The number of fused-ring (bicyclic) bond motifs is 2. The second kappa shape index (κ2) is 11.0. The van der Waals surface area contributed by atoms with Crippen molar-refractivity contribution in [2.75, 3.05) is 45.9 Å². The lowest BCUT2D eigenvalue weighted by Gasteiger charge is -2.37. The highest BCUT2D eigenvalue weighted by atomic mass is 16.6. The zero-order valence-electron chi connectivity index (χ0n) is 22.1. The lowest BCUT2D eigenvalue weighted by atomic mass is 10.1. The molecule has 0 radical (unpaired) electrons. The van der Waals surface area contributed by atoms with E-state index in [0.717, 1.165) is 60.9 Å². The van der Waals surface area contributed by atoms with Crippen LogP contribution in [0.25, 0.3) is 22.7 Å². The molecule has 2 aromatic heterocycles. The lowest BCUT2D eigenvalue weighted by Crippen LogP contribution is -2.48. The highest BCUT2D eigenvalue weighted by Gasteiger charge is 2.33. The summed E-state index contributed by atoms with van der Waals surface area (Å²) in [7, 11) is 0. The van der Waals surface area contributed by atoms with Gasteiger partial charge in [-0.1, -0.05) is 60.7 Å². The molecule has 7 rings (SSSR count). The smallest absolute Gasteiger partial charge is 0.181 e. The van der Waals surface area contributed by atoms with E-state index >= 15 is 0 Å². The van der Waals surface area contributed by atoms with Gasteiger partial charge in [0.05, 0.1) is 5.69 Å².